The molecule has 3 heterocycles. The van der Waals surface area contributed by atoms with E-state index in [1.54, 1.807) is 0 Å². The number of nitrogens with one attached hydrogen (secondary N) is 1. The van der Waals surface area contributed by atoms with Crippen molar-refractivity contribution in [2.24, 2.45) is 0 Å². The number of aromatic nitrogens is 4. The molecule has 3 rings (SSSR count). The number of likely N-dealkylation sites (tertiary alicyclic amines) is 1. The average Bonchev–Trinajstić information content (AvgIpc) is 2.95. The van der Waals surface area contributed by atoms with E-state index in [-0.39, 0.29) is 17.5 Å². The zero-order valence-electron chi connectivity index (χ0n) is 13.5. The highest BCUT2D eigenvalue weighted by Gasteiger charge is 2.27. The van der Waals surface area contributed by atoms with Crippen molar-refractivity contribution in [3.05, 3.63) is 45.9 Å². The van der Waals surface area contributed by atoms with Crippen LogP contribution >= 0.6 is 0 Å². The number of hydrogen-bond donors (Lipinski definition) is 1. The first kappa shape index (κ1) is 15.5. The molecule has 7 nitrogen and oxygen atoms in total. The highest BCUT2D eigenvalue weighted by Crippen LogP contribution is 2.25. The molecule has 0 spiro atoms. The van der Waals surface area contributed by atoms with Gasteiger partial charge in [0.15, 0.2) is 5.69 Å². The molecule has 7 heteroatoms. The molecule has 1 N–H and O–H groups in total. The Hall–Kier alpha value is -2.44. The van der Waals surface area contributed by atoms with Crippen LogP contribution in [0.15, 0.2) is 23.1 Å². The maximum absolute atomic E-state index is 12.7. The van der Waals surface area contributed by atoms with Crippen molar-refractivity contribution < 1.29 is 4.79 Å². The van der Waals surface area contributed by atoms with Crippen molar-refractivity contribution in [3.63, 3.8) is 0 Å². The fourth-order valence-corrected chi connectivity index (χ4v) is 3.13. The number of piperidine rings is 1. The highest BCUT2D eigenvalue weighted by atomic mass is 16.2. The summed E-state index contributed by atoms with van der Waals surface area (Å²) in [6.07, 6.45) is 3.38. The van der Waals surface area contributed by atoms with Crippen molar-refractivity contribution >= 4 is 5.91 Å². The first-order valence-corrected chi connectivity index (χ1v) is 7.97. The van der Waals surface area contributed by atoms with Crippen LogP contribution in [0.3, 0.4) is 0 Å². The van der Waals surface area contributed by atoms with Crippen molar-refractivity contribution in [3.8, 4) is 0 Å². The van der Waals surface area contributed by atoms with E-state index in [4.69, 9.17) is 0 Å². The van der Waals surface area contributed by atoms with Crippen LogP contribution in [-0.4, -0.2) is 43.6 Å². The van der Waals surface area contributed by atoms with Gasteiger partial charge in [-0.2, -0.15) is 5.10 Å². The summed E-state index contributed by atoms with van der Waals surface area (Å²) in [5.74, 6) is 0.0964. The lowest BCUT2D eigenvalue weighted by molar-refractivity contribution is 0.0699. The number of carbonyl (C=O) groups is 1. The van der Waals surface area contributed by atoms with Crippen LogP contribution in [0.4, 0.5) is 0 Å². The minimum absolute atomic E-state index is 0.0404. The third kappa shape index (κ3) is 3.18. The molecule has 1 amide bonds. The lowest BCUT2D eigenvalue weighted by Crippen LogP contribution is -2.39. The van der Waals surface area contributed by atoms with Crippen LogP contribution in [0.25, 0.3) is 0 Å². The van der Waals surface area contributed by atoms with E-state index in [0.717, 1.165) is 37.3 Å². The number of H-pyrrole nitrogens is 1. The van der Waals surface area contributed by atoms with E-state index in [1.807, 2.05) is 35.6 Å². The molecule has 0 aliphatic carbocycles. The van der Waals surface area contributed by atoms with Gasteiger partial charge in [-0.25, -0.2) is 9.78 Å². The van der Waals surface area contributed by atoms with Gasteiger partial charge in [0.25, 0.3) is 5.91 Å². The lowest BCUT2D eigenvalue weighted by Gasteiger charge is -2.32. The van der Waals surface area contributed by atoms with E-state index >= 15 is 0 Å². The SMILES string of the molecule is CCn1nc(C(=O)N2CCCC(c3ccnc(=O)[nH]3)C2)cc1C. The van der Waals surface area contributed by atoms with Gasteiger partial charge < -0.3 is 9.88 Å². The first-order valence-electron chi connectivity index (χ1n) is 7.97. The number of carbonyl (C=O) groups excluding carboxylic acids is 1. The summed E-state index contributed by atoms with van der Waals surface area (Å²) in [6, 6.07) is 3.65. The van der Waals surface area contributed by atoms with Gasteiger partial charge in [0.1, 0.15) is 0 Å². The molecule has 122 valence electrons. The molecule has 2 aromatic rings. The van der Waals surface area contributed by atoms with E-state index < -0.39 is 0 Å². The van der Waals surface area contributed by atoms with Gasteiger partial charge in [-0.05, 0) is 38.8 Å². The quantitative estimate of drug-likeness (QED) is 0.925. The molecule has 0 aromatic carbocycles. The minimum Gasteiger partial charge on any atom is -0.337 e. The second-order valence-electron chi connectivity index (χ2n) is 5.91. The fourth-order valence-electron chi connectivity index (χ4n) is 3.13. The van der Waals surface area contributed by atoms with Crippen molar-refractivity contribution in [1.82, 2.24) is 24.6 Å². The van der Waals surface area contributed by atoms with Crippen LogP contribution in [0.1, 0.15) is 47.6 Å². The summed E-state index contributed by atoms with van der Waals surface area (Å²) in [4.78, 5) is 32.3. The lowest BCUT2D eigenvalue weighted by atomic mass is 9.94. The maximum Gasteiger partial charge on any atom is 0.345 e. The average molecular weight is 315 g/mol. The van der Waals surface area contributed by atoms with Gasteiger partial charge in [0, 0.05) is 43.1 Å². The van der Waals surface area contributed by atoms with E-state index in [9.17, 15) is 9.59 Å². The molecule has 1 fully saturated rings. The summed E-state index contributed by atoms with van der Waals surface area (Å²) in [5.41, 5.74) is 1.98. The molecule has 0 radical (unpaired) electrons. The molecule has 1 unspecified atom stereocenters. The Kier molecular flexibility index (Phi) is 4.27. The van der Waals surface area contributed by atoms with Gasteiger partial charge in [-0.3, -0.25) is 9.48 Å². The maximum atomic E-state index is 12.7. The Morgan fingerprint density at radius 2 is 2.30 bits per heavy atom. The molecule has 1 aliphatic rings. The molecule has 1 aliphatic heterocycles. The first-order chi connectivity index (χ1) is 11.1. The monoisotopic (exact) mass is 315 g/mol. The highest BCUT2D eigenvalue weighted by molar-refractivity contribution is 5.92. The van der Waals surface area contributed by atoms with Crippen LogP contribution in [0.5, 0.6) is 0 Å². The van der Waals surface area contributed by atoms with Crippen LogP contribution < -0.4 is 5.69 Å². The summed E-state index contributed by atoms with van der Waals surface area (Å²) in [6.45, 7) is 6.03. The van der Waals surface area contributed by atoms with Crippen LogP contribution in [0.2, 0.25) is 0 Å². The summed E-state index contributed by atoms with van der Waals surface area (Å²) in [5, 5.41) is 4.37. The third-order valence-corrected chi connectivity index (χ3v) is 4.35. The molecule has 0 saturated carbocycles. The topological polar surface area (TPSA) is 83.9 Å². The molecule has 1 saturated heterocycles. The van der Waals surface area contributed by atoms with Gasteiger partial charge in [0.05, 0.1) is 0 Å². The molecule has 0 bridgehead atoms. The number of amides is 1. The Balaban J connectivity index is 1.77. The number of aryl methyl sites for hydroxylation is 2. The summed E-state index contributed by atoms with van der Waals surface area (Å²) in [7, 11) is 0. The van der Waals surface area contributed by atoms with Crippen LogP contribution in [-0.2, 0) is 6.54 Å². The van der Waals surface area contributed by atoms with Gasteiger partial charge in [0.2, 0.25) is 0 Å². The second kappa shape index (κ2) is 6.36. The molecular weight excluding hydrogens is 294 g/mol. The number of aromatic amines is 1. The Morgan fingerprint density at radius 1 is 1.48 bits per heavy atom. The Morgan fingerprint density at radius 3 is 3.00 bits per heavy atom. The van der Waals surface area contributed by atoms with Crippen molar-refractivity contribution in [2.45, 2.75) is 39.2 Å². The van der Waals surface area contributed by atoms with E-state index in [0.29, 0.717) is 12.2 Å². The summed E-state index contributed by atoms with van der Waals surface area (Å²) < 4.78 is 1.83. The van der Waals surface area contributed by atoms with Gasteiger partial charge in [-0.1, -0.05) is 0 Å². The molecule has 2 aromatic heterocycles. The zero-order chi connectivity index (χ0) is 16.4. The molecule has 23 heavy (non-hydrogen) atoms. The predicted octanol–water partition coefficient (Wildman–Crippen LogP) is 1.31. The van der Waals surface area contributed by atoms with Crippen molar-refractivity contribution in [1.29, 1.82) is 0 Å². The second-order valence-corrected chi connectivity index (χ2v) is 5.91. The summed E-state index contributed by atoms with van der Waals surface area (Å²) >= 11 is 0. The molecule has 1 atom stereocenters. The largest absolute Gasteiger partial charge is 0.345 e. The van der Waals surface area contributed by atoms with Gasteiger partial charge in [-0.15, -0.1) is 0 Å². The van der Waals surface area contributed by atoms with E-state index in [1.165, 1.54) is 6.20 Å². The normalized spacial score (nSPS) is 18.2. The predicted molar refractivity (Wildman–Crippen MR) is 85.4 cm³/mol. The third-order valence-electron chi connectivity index (χ3n) is 4.35. The number of nitrogens with zero attached hydrogens (tertiary/aromatic N) is 4. The van der Waals surface area contributed by atoms with E-state index in [2.05, 4.69) is 15.1 Å². The molecular formula is C16H21N5O2. The van der Waals surface area contributed by atoms with Gasteiger partial charge >= 0.3 is 5.69 Å². The van der Waals surface area contributed by atoms with Crippen molar-refractivity contribution in [2.75, 3.05) is 13.1 Å². The number of hydrogen-bond acceptors (Lipinski definition) is 4. The fraction of sp³-hybridized carbons (Fsp3) is 0.500. The Labute approximate surface area is 134 Å². The standard InChI is InChI=1S/C16H21N5O2/c1-3-21-11(2)9-14(19-21)15(22)20-8-4-5-12(10-20)13-6-7-17-16(23)18-13/h6-7,9,12H,3-5,8,10H2,1-2H3,(H,17,18,23). The smallest absolute Gasteiger partial charge is 0.337 e. The zero-order valence-corrected chi connectivity index (χ0v) is 13.5. The minimum atomic E-state index is -0.344. The van der Waals surface area contributed by atoms with Crippen LogP contribution in [0, 0.1) is 6.92 Å². The Bertz CT molecular complexity index is 764. The number of rotatable bonds is 3.